The van der Waals surface area contributed by atoms with Crippen molar-refractivity contribution in [1.29, 1.82) is 0 Å². The molecule has 0 fully saturated rings. The van der Waals surface area contributed by atoms with Gasteiger partial charge in [-0.15, -0.1) is 0 Å². The summed E-state index contributed by atoms with van der Waals surface area (Å²) in [6.45, 7) is 4.29. The zero-order valence-corrected chi connectivity index (χ0v) is 21.6. The first-order valence-electron chi connectivity index (χ1n) is 13.1. The van der Waals surface area contributed by atoms with E-state index in [2.05, 4.69) is 151 Å². The lowest BCUT2D eigenvalue weighted by molar-refractivity contribution is 1.30. The number of H-pyrrole nitrogens is 1. The molecule has 0 saturated heterocycles. The molecule has 2 heteroatoms. The molecule has 0 aliphatic heterocycles. The van der Waals surface area contributed by atoms with Gasteiger partial charge in [0.1, 0.15) is 0 Å². The summed E-state index contributed by atoms with van der Waals surface area (Å²) in [6, 6.07) is 46.2. The van der Waals surface area contributed by atoms with Gasteiger partial charge >= 0.3 is 0 Å². The number of anilines is 3. The van der Waals surface area contributed by atoms with E-state index >= 15 is 0 Å². The molecule has 0 aliphatic rings. The second-order valence-electron chi connectivity index (χ2n) is 10.2. The molecule has 0 atom stereocenters. The van der Waals surface area contributed by atoms with Crippen LogP contribution in [0.5, 0.6) is 0 Å². The molecule has 7 aromatic rings. The van der Waals surface area contributed by atoms with Gasteiger partial charge in [0.2, 0.25) is 0 Å². The summed E-state index contributed by atoms with van der Waals surface area (Å²) >= 11 is 0. The molecule has 38 heavy (non-hydrogen) atoms. The third-order valence-corrected chi connectivity index (χ3v) is 7.48. The van der Waals surface area contributed by atoms with Crippen LogP contribution in [0.4, 0.5) is 17.1 Å². The lowest BCUT2D eigenvalue weighted by atomic mass is 10.0. The van der Waals surface area contributed by atoms with E-state index in [1.54, 1.807) is 0 Å². The third-order valence-electron chi connectivity index (χ3n) is 7.48. The zero-order chi connectivity index (χ0) is 25.6. The van der Waals surface area contributed by atoms with Crippen molar-refractivity contribution < 1.29 is 0 Å². The first kappa shape index (κ1) is 22.4. The number of para-hydroxylation sites is 1. The summed E-state index contributed by atoms with van der Waals surface area (Å²) in [5.41, 5.74) is 8.26. The molecule has 6 aromatic carbocycles. The Hall–Kier alpha value is -4.82. The second-order valence-corrected chi connectivity index (χ2v) is 10.2. The Bertz CT molecular complexity index is 2000. The maximum absolute atomic E-state index is 3.59. The van der Waals surface area contributed by atoms with Gasteiger partial charge in [0.05, 0.1) is 5.69 Å². The average molecular weight is 489 g/mol. The first-order chi connectivity index (χ1) is 18.6. The number of rotatable bonds is 3. The van der Waals surface area contributed by atoms with E-state index in [9.17, 15) is 0 Å². The van der Waals surface area contributed by atoms with E-state index in [-0.39, 0.29) is 0 Å². The summed E-state index contributed by atoms with van der Waals surface area (Å²) in [5.74, 6) is 0. The molecule has 1 N–H and O–H groups in total. The van der Waals surface area contributed by atoms with E-state index in [0.29, 0.717) is 0 Å². The van der Waals surface area contributed by atoms with Gasteiger partial charge in [-0.1, -0.05) is 83.9 Å². The Balaban J connectivity index is 1.52. The lowest BCUT2D eigenvalue weighted by Gasteiger charge is -2.27. The largest absolute Gasteiger partial charge is 0.355 e. The molecule has 1 heterocycles. The zero-order valence-electron chi connectivity index (χ0n) is 21.6. The fraction of sp³-hybridized carbons (Fsp3) is 0.0556. The monoisotopic (exact) mass is 488 g/mol. The molecule has 0 saturated carbocycles. The fourth-order valence-corrected chi connectivity index (χ4v) is 5.55. The van der Waals surface area contributed by atoms with Crippen molar-refractivity contribution in [2.24, 2.45) is 0 Å². The quantitative estimate of drug-likeness (QED) is 0.262. The van der Waals surface area contributed by atoms with Crippen molar-refractivity contribution in [1.82, 2.24) is 4.98 Å². The predicted octanol–water partition coefficient (Wildman–Crippen LogP) is 10.3. The normalized spacial score (nSPS) is 11.4. The van der Waals surface area contributed by atoms with Crippen molar-refractivity contribution in [3.8, 4) is 0 Å². The van der Waals surface area contributed by atoms with Crippen LogP contribution in [0.15, 0.2) is 127 Å². The van der Waals surface area contributed by atoms with Crippen LogP contribution in [0.25, 0.3) is 43.4 Å². The molecule has 1 aromatic heterocycles. The van der Waals surface area contributed by atoms with Gasteiger partial charge in [0.15, 0.2) is 0 Å². The molecule has 2 bridgehead atoms. The Morgan fingerprint density at radius 3 is 2.11 bits per heavy atom. The predicted molar refractivity (Wildman–Crippen MR) is 164 cm³/mol. The van der Waals surface area contributed by atoms with Gasteiger partial charge in [0.25, 0.3) is 0 Å². The SMILES string of the molecule is Cc1cccc2ccc3c(N(c4ccccc4)c4ccc5[nH]c6ccc(C)cc6c5c4)ccc(cc1)c3c2. The summed E-state index contributed by atoms with van der Waals surface area (Å²) in [6.07, 6.45) is 0. The standard InChI is InChI=1S/C36H28N2/c1-24-7-6-8-26-13-17-30-31(22-26)27(14-11-24)15-20-36(30)38(28-9-4-3-5-10-28)29-16-19-35-33(23-29)32-21-25(2)12-18-34(32)37-35/h3-23,37H,1-2H3. The Morgan fingerprint density at radius 2 is 1.24 bits per heavy atom. The van der Waals surface area contributed by atoms with Crippen molar-refractivity contribution in [2.45, 2.75) is 13.8 Å². The van der Waals surface area contributed by atoms with E-state index < -0.39 is 0 Å². The third kappa shape index (κ3) is 3.82. The van der Waals surface area contributed by atoms with Crippen molar-refractivity contribution in [2.75, 3.05) is 4.90 Å². The van der Waals surface area contributed by atoms with Crippen LogP contribution < -0.4 is 4.90 Å². The average Bonchev–Trinajstić information content (AvgIpc) is 3.30. The Kier molecular flexibility index (Phi) is 5.26. The number of hydrogen-bond donors (Lipinski definition) is 1. The van der Waals surface area contributed by atoms with Crippen LogP contribution in [0.1, 0.15) is 11.1 Å². The van der Waals surface area contributed by atoms with Gasteiger partial charge in [-0.2, -0.15) is 0 Å². The second kappa shape index (κ2) is 8.93. The van der Waals surface area contributed by atoms with Crippen molar-refractivity contribution >= 4 is 60.4 Å². The van der Waals surface area contributed by atoms with Crippen molar-refractivity contribution in [3.63, 3.8) is 0 Å². The van der Waals surface area contributed by atoms with Gasteiger partial charge in [-0.05, 0) is 84.6 Å². The maximum atomic E-state index is 3.59. The fourth-order valence-electron chi connectivity index (χ4n) is 5.55. The van der Waals surface area contributed by atoms with Crippen molar-refractivity contribution in [3.05, 3.63) is 139 Å². The number of nitrogens with one attached hydrogen (secondary N) is 1. The Labute approximate surface area is 222 Å². The first-order valence-corrected chi connectivity index (χ1v) is 13.1. The van der Waals surface area contributed by atoms with Gasteiger partial charge < -0.3 is 9.88 Å². The highest BCUT2D eigenvalue weighted by Crippen LogP contribution is 2.42. The minimum absolute atomic E-state index is 1.14. The Morgan fingerprint density at radius 1 is 0.474 bits per heavy atom. The molecule has 0 aliphatic carbocycles. The van der Waals surface area contributed by atoms with Crippen LogP contribution in [0.2, 0.25) is 0 Å². The summed E-state index contributed by atoms with van der Waals surface area (Å²) in [4.78, 5) is 5.98. The molecule has 0 amide bonds. The van der Waals surface area contributed by atoms with E-state index in [4.69, 9.17) is 0 Å². The van der Waals surface area contributed by atoms with Gasteiger partial charge in [-0.25, -0.2) is 0 Å². The summed E-state index contributed by atoms with van der Waals surface area (Å²) in [5, 5.41) is 7.41. The molecule has 0 radical (unpaired) electrons. The summed E-state index contributed by atoms with van der Waals surface area (Å²) < 4.78 is 0. The molecule has 0 spiro atoms. The minimum Gasteiger partial charge on any atom is -0.355 e. The molecule has 182 valence electrons. The highest BCUT2D eigenvalue weighted by atomic mass is 15.1. The van der Waals surface area contributed by atoms with E-state index in [1.165, 1.54) is 54.6 Å². The van der Waals surface area contributed by atoms with Crippen LogP contribution in [-0.4, -0.2) is 4.98 Å². The highest BCUT2D eigenvalue weighted by Gasteiger charge is 2.17. The number of aryl methyl sites for hydroxylation is 2. The topological polar surface area (TPSA) is 19.0 Å². The van der Waals surface area contributed by atoms with E-state index in [1.807, 2.05) is 0 Å². The van der Waals surface area contributed by atoms with Crippen LogP contribution in [-0.2, 0) is 0 Å². The molecule has 0 unspecified atom stereocenters. The minimum atomic E-state index is 1.14. The molecular weight excluding hydrogens is 460 g/mol. The lowest BCUT2D eigenvalue weighted by Crippen LogP contribution is -2.10. The molecular formula is C36H28N2. The number of benzene rings is 5. The highest BCUT2D eigenvalue weighted by molar-refractivity contribution is 6.11. The van der Waals surface area contributed by atoms with Crippen LogP contribution >= 0.6 is 0 Å². The van der Waals surface area contributed by atoms with E-state index in [0.717, 1.165) is 16.9 Å². The maximum Gasteiger partial charge on any atom is 0.0540 e. The molecule has 2 nitrogen and oxygen atoms in total. The summed E-state index contributed by atoms with van der Waals surface area (Å²) in [7, 11) is 0. The van der Waals surface area contributed by atoms with Crippen LogP contribution in [0.3, 0.4) is 0 Å². The number of nitrogens with zero attached hydrogens (tertiary/aromatic N) is 1. The number of aromatic nitrogens is 1. The number of hydrogen-bond acceptors (Lipinski definition) is 1. The number of aromatic amines is 1. The molecule has 7 rings (SSSR count). The van der Waals surface area contributed by atoms with Gasteiger partial charge in [0, 0.05) is 38.6 Å². The number of fused-ring (bicyclic) bond motifs is 4. The van der Waals surface area contributed by atoms with Crippen LogP contribution in [0, 0.1) is 13.8 Å². The van der Waals surface area contributed by atoms with Gasteiger partial charge in [-0.3, -0.25) is 0 Å². The smallest absolute Gasteiger partial charge is 0.0540 e.